The van der Waals surface area contributed by atoms with Crippen molar-refractivity contribution in [3.05, 3.63) is 6.20 Å². The third kappa shape index (κ3) is 4.27. The van der Waals surface area contributed by atoms with Crippen LogP contribution in [-0.4, -0.2) is 56.9 Å². The van der Waals surface area contributed by atoms with E-state index in [1.165, 1.54) is 10.9 Å². The van der Waals surface area contributed by atoms with Crippen molar-refractivity contribution in [3.63, 3.8) is 0 Å². The highest BCUT2D eigenvalue weighted by atomic mass is 16.5. The van der Waals surface area contributed by atoms with Crippen molar-refractivity contribution in [2.45, 2.75) is 39.8 Å². The minimum absolute atomic E-state index is 0.0221. The third-order valence-corrected chi connectivity index (χ3v) is 3.54. The number of nitrogens with zero attached hydrogens (tertiary/aromatic N) is 4. The van der Waals surface area contributed by atoms with Gasteiger partial charge in [0.1, 0.15) is 6.54 Å². The summed E-state index contributed by atoms with van der Waals surface area (Å²) in [4.78, 5) is 37.1. The second-order valence-corrected chi connectivity index (χ2v) is 5.64. The molecule has 0 radical (unpaired) electrons. The number of carbonyl (C=O) groups excluding carboxylic acids is 3. The van der Waals surface area contributed by atoms with Gasteiger partial charge in [0.05, 0.1) is 18.7 Å². The van der Waals surface area contributed by atoms with Crippen LogP contribution in [0.1, 0.15) is 27.2 Å². The van der Waals surface area contributed by atoms with Crippen molar-refractivity contribution in [1.82, 2.24) is 19.9 Å². The molecule has 2 rings (SSSR count). The molecular weight excluding hydrogens is 302 g/mol. The van der Waals surface area contributed by atoms with Crippen LogP contribution in [0.5, 0.6) is 0 Å². The minimum atomic E-state index is -0.427. The number of amides is 2. The van der Waals surface area contributed by atoms with Gasteiger partial charge in [-0.2, -0.15) is 0 Å². The smallest absolute Gasteiger partial charge is 0.327 e. The SMILES string of the molecule is CCOC(=O)Cn1cc(NC(=O)C2CC(=O)N(C(C)C)C2)nn1. The number of aromatic nitrogens is 3. The fraction of sp³-hybridized carbons (Fsp3) is 0.643. The van der Waals surface area contributed by atoms with Crippen molar-refractivity contribution < 1.29 is 19.1 Å². The summed E-state index contributed by atoms with van der Waals surface area (Å²) in [7, 11) is 0. The fourth-order valence-electron chi connectivity index (χ4n) is 2.41. The maximum absolute atomic E-state index is 12.2. The zero-order valence-electron chi connectivity index (χ0n) is 13.5. The van der Waals surface area contributed by atoms with Crippen LogP contribution in [0.3, 0.4) is 0 Å². The van der Waals surface area contributed by atoms with E-state index in [4.69, 9.17) is 4.74 Å². The van der Waals surface area contributed by atoms with E-state index in [1.54, 1.807) is 11.8 Å². The summed E-state index contributed by atoms with van der Waals surface area (Å²) in [6.45, 7) is 6.17. The van der Waals surface area contributed by atoms with E-state index in [9.17, 15) is 14.4 Å². The Hall–Kier alpha value is -2.45. The predicted molar refractivity (Wildman–Crippen MR) is 80.2 cm³/mol. The van der Waals surface area contributed by atoms with Gasteiger partial charge in [-0.25, -0.2) is 4.68 Å². The lowest BCUT2D eigenvalue weighted by molar-refractivity contribution is -0.144. The van der Waals surface area contributed by atoms with Crippen molar-refractivity contribution in [3.8, 4) is 0 Å². The predicted octanol–water partition coefficient (Wildman–Crippen LogP) is 0.0366. The molecule has 9 nitrogen and oxygen atoms in total. The third-order valence-electron chi connectivity index (χ3n) is 3.54. The van der Waals surface area contributed by atoms with Gasteiger partial charge in [0.25, 0.3) is 0 Å². The Morgan fingerprint density at radius 1 is 1.48 bits per heavy atom. The molecule has 23 heavy (non-hydrogen) atoms. The van der Waals surface area contributed by atoms with Gasteiger partial charge in [0, 0.05) is 19.0 Å². The van der Waals surface area contributed by atoms with Crippen LogP contribution < -0.4 is 5.32 Å². The number of ether oxygens (including phenoxy) is 1. The Morgan fingerprint density at radius 2 is 2.22 bits per heavy atom. The Labute approximate surface area is 134 Å². The maximum Gasteiger partial charge on any atom is 0.327 e. The Kier molecular flexibility index (Phi) is 5.30. The van der Waals surface area contributed by atoms with Crippen LogP contribution in [0.2, 0.25) is 0 Å². The molecule has 0 bridgehead atoms. The number of esters is 1. The van der Waals surface area contributed by atoms with Gasteiger partial charge in [0.2, 0.25) is 11.8 Å². The molecule has 1 atom stereocenters. The summed E-state index contributed by atoms with van der Waals surface area (Å²) in [5, 5.41) is 10.2. The molecule has 1 aliphatic heterocycles. The van der Waals surface area contributed by atoms with Gasteiger partial charge in [-0.3, -0.25) is 14.4 Å². The van der Waals surface area contributed by atoms with Crippen LogP contribution in [0.15, 0.2) is 6.20 Å². The fourth-order valence-corrected chi connectivity index (χ4v) is 2.41. The molecule has 1 aromatic heterocycles. The van der Waals surface area contributed by atoms with Crippen molar-refractivity contribution in [2.24, 2.45) is 5.92 Å². The zero-order valence-corrected chi connectivity index (χ0v) is 13.5. The summed E-state index contributed by atoms with van der Waals surface area (Å²) < 4.78 is 6.09. The van der Waals surface area contributed by atoms with E-state index in [2.05, 4.69) is 15.6 Å². The van der Waals surface area contributed by atoms with E-state index in [1.807, 2.05) is 13.8 Å². The summed E-state index contributed by atoms with van der Waals surface area (Å²) in [5.74, 6) is -0.880. The van der Waals surface area contributed by atoms with E-state index >= 15 is 0 Å². The van der Waals surface area contributed by atoms with Gasteiger partial charge in [-0.1, -0.05) is 5.21 Å². The number of anilines is 1. The van der Waals surface area contributed by atoms with Gasteiger partial charge < -0.3 is 15.0 Å². The number of carbonyl (C=O) groups is 3. The van der Waals surface area contributed by atoms with Crippen LogP contribution in [0.25, 0.3) is 0 Å². The Morgan fingerprint density at radius 3 is 2.83 bits per heavy atom. The number of rotatable bonds is 6. The lowest BCUT2D eigenvalue weighted by atomic mass is 10.1. The molecule has 1 fully saturated rings. The second kappa shape index (κ2) is 7.21. The highest BCUT2D eigenvalue weighted by Gasteiger charge is 2.35. The van der Waals surface area contributed by atoms with Gasteiger partial charge in [-0.05, 0) is 20.8 Å². The molecule has 126 valence electrons. The van der Waals surface area contributed by atoms with E-state index in [-0.39, 0.29) is 36.6 Å². The molecule has 1 saturated heterocycles. The van der Waals surface area contributed by atoms with Crippen LogP contribution in [-0.2, 0) is 25.7 Å². The molecule has 0 aliphatic carbocycles. The molecule has 1 unspecified atom stereocenters. The van der Waals surface area contributed by atoms with Crippen molar-refractivity contribution >= 4 is 23.6 Å². The summed E-state index contributed by atoms with van der Waals surface area (Å²) in [6.07, 6.45) is 1.65. The van der Waals surface area contributed by atoms with Crippen molar-refractivity contribution in [2.75, 3.05) is 18.5 Å². The highest BCUT2D eigenvalue weighted by Crippen LogP contribution is 2.21. The van der Waals surface area contributed by atoms with Gasteiger partial charge in [-0.15, -0.1) is 5.10 Å². The zero-order chi connectivity index (χ0) is 17.0. The lowest BCUT2D eigenvalue weighted by Gasteiger charge is -2.20. The van der Waals surface area contributed by atoms with E-state index in [0.29, 0.717) is 13.2 Å². The molecule has 0 spiro atoms. The van der Waals surface area contributed by atoms with Gasteiger partial charge in [0.15, 0.2) is 5.82 Å². The monoisotopic (exact) mass is 323 g/mol. The summed E-state index contributed by atoms with van der Waals surface area (Å²) in [6, 6.07) is 0.0748. The number of hydrogen-bond donors (Lipinski definition) is 1. The van der Waals surface area contributed by atoms with E-state index < -0.39 is 11.9 Å². The average molecular weight is 323 g/mol. The Balaban J connectivity index is 1.90. The first kappa shape index (κ1) is 16.9. The Bertz CT molecular complexity index is 598. The highest BCUT2D eigenvalue weighted by molar-refractivity contribution is 5.96. The first-order valence-electron chi connectivity index (χ1n) is 7.56. The standard InChI is InChI=1S/C14H21N5O4/c1-4-23-13(21)8-18-7-11(16-17-18)15-14(22)10-5-12(20)19(6-10)9(2)3/h7,9-10H,4-6,8H2,1-3H3,(H,15,22). The average Bonchev–Trinajstić information content (AvgIpc) is 3.05. The molecule has 0 aromatic carbocycles. The summed E-state index contributed by atoms with van der Waals surface area (Å²) in [5.41, 5.74) is 0. The largest absolute Gasteiger partial charge is 0.465 e. The molecule has 2 amide bonds. The number of hydrogen-bond acceptors (Lipinski definition) is 6. The molecule has 2 heterocycles. The van der Waals surface area contributed by atoms with Crippen LogP contribution >= 0.6 is 0 Å². The molecule has 1 aliphatic rings. The van der Waals surface area contributed by atoms with Crippen molar-refractivity contribution in [1.29, 1.82) is 0 Å². The lowest BCUT2D eigenvalue weighted by Crippen LogP contribution is -2.33. The number of nitrogens with one attached hydrogen (secondary N) is 1. The molecular formula is C14H21N5O4. The topological polar surface area (TPSA) is 106 Å². The first-order chi connectivity index (χ1) is 10.9. The number of likely N-dealkylation sites (tertiary alicyclic amines) is 1. The van der Waals surface area contributed by atoms with Crippen LogP contribution in [0, 0.1) is 5.92 Å². The molecule has 1 aromatic rings. The quantitative estimate of drug-likeness (QED) is 0.741. The first-order valence-corrected chi connectivity index (χ1v) is 7.56. The van der Waals surface area contributed by atoms with Gasteiger partial charge >= 0.3 is 5.97 Å². The minimum Gasteiger partial charge on any atom is -0.465 e. The summed E-state index contributed by atoms with van der Waals surface area (Å²) >= 11 is 0. The molecule has 9 heteroatoms. The maximum atomic E-state index is 12.2. The normalized spacial score (nSPS) is 17.7. The second-order valence-electron chi connectivity index (χ2n) is 5.64. The van der Waals surface area contributed by atoms with Crippen LogP contribution in [0.4, 0.5) is 5.82 Å². The molecule has 1 N–H and O–H groups in total. The molecule has 0 saturated carbocycles. The van der Waals surface area contributed by atoms with E-state index in [0.717, 1.165) is 0 Å².